The van der Waals surface area contributed by atoms with Crippen LogP contribution in [0.25, 0.3) is 28.1 Å². The van der Waals surface area contributed by atoms with E-state index >= 15 is 0 Å². The van der Waals surface area contributed by atoms with Gasteiger partial charge in [-0.25, -0.2) is 4.79 Å². The Balaban J connectivity index is 1.50. The fourth-order valence-electron chi connectivity index (χ4n) is 5.58. The fraction of sp³-hybridized carbons (Fsp3) is 0.355. The van der Waals surface area contributed by atoms with E-state index in [0.717, 1.165) is 68.7 Å². The van der Waals surface area contributed by atoms with E-state index in [4.69, 9.17) is 21.1 Å². The number of carboxylic acid groups (broad SMARTS) is 1. The van der Waals surface area contributed by atoms with Gasteiger partial charge in [-0.05, 0) is 75.3 Å². The molecule has 0 aliphatic carbocycles. The molecule has 2 N–H and O–H groups in total. The zero-order valence-corrected chi connectivity index (χ0v) is 23.4. The van der Waals surface area contributed by atoms with Gasteiger partial charge in [0.2, 0.25) is 0 Å². The molecule has 0 saturated heterocycles. The summed E-state index contributed by atoms with van der Waals surface area (Å²) in [6.07, 6.45) is 4.87. The number of fused-ring (bicyclic) bond motifs is 2. The lowest BCUT2D eigenvalue weighted by Crippen LogP contribution is -2.12. The highest BCUT2D eigenvalue weighted by molar-refractivity contribution is 6.31. The highest BCUT2D eigenvalue weighted by Crippen LogP contribution is 2.38. The first-order valence-corrected chi connectivity index (χ1v) is 13.8. The van der Waals surface area contributed by atoms with Crippen molar-refractivity contribution in [1.82, 2.24) is 14.8 Å². The molecular weight excluding hydrogens is 514 g/mol. The van der Waals surface area contributed by atoms with Crippen LogP contribution >= 0.6 is 11.6 Å². The number of aryl methyl sites for hydroxylation is 3. The molecule has 0 saturated carbocycles. The summed E-state index contributed by atoms with van der Waals surface area (Å²) < 4.78 is 14.0. The zero-order valence-electron chi connectivity index (χ0n) is 22.6. The Hall–Kier alpha value is -3.55. The molecule has 3 heterocycles. The second kappa shape index (κ2) is 11.7. The first kappa shape index (κ1) is 27.0. The van der Waals surface area contributed by atoms with Gasteiger partial charge < -0.3 is 19.1 Å². The number of carbonyl (C=O) groups is 1. The first-order chi connectivity index (χ1) is 18.9. The van der Waals surface area contributed by atoms with Gasteiger partial charge in [-0.2, -0.15) is 5.10 Å². The van der Waals surface area contributed by atoms with Crippen LogP contribution in [0.1, 0.15) is 64.8 Å². The van der Waals surface area contributed by atoms with Crippen molar-refractivity contribution in [3.05, 3.63) is 75.2 Å². The summed E-state index contributed by atoms with van der Waals surface area (Å²) in [5.41, 5.74) is 7.98. The third kappa shape index (κ3) is 5.47. The molecule has 2 aromatic heterocycles. The van der Waals surface area contributed by atoms with Crippen LogP contribution in [0, 0.1) is 13.8 Å². The summed E-state index contributed by atoms with van der Waals surface area (Å²) in [4.78, 5) is 12.7. The number of rotatable bonds is 7. The number of carboxylic acids is 1. The molecule has 204 valence electrons. The van der Waals surface area contributed by atoms with E-state index < -0.39 is 5.97 Å². The Labute approximate surface area is 233 Å². The Bertz CT molecular complexity index is 1550. The Morgan fingerprint density at radius 2 is 2.05 bits per heavy atom. The third-order valence-corrected chi connectivity index (χ3v) is 7.46. The van der Waals surface area contributed by atoms with Gasteiger partial charge >= 0.3 is 5.97 Å². The molecule has 0 fully saturated rings. The van der Waals surface area contributed by atoms with Gasteiger partial charge in [0.15, 0.2) is 0 Å². The number of nitrogens with one attached hydrogen (secondary N) is 1. The van der Waals surface area contributed by atoms with Gasteiger partial charge in [0.05, 0.1) is 24.4 Å². The predicted molar refractivity (Wildman–Crippen MR) is 155 cm³/mol. The van der Waals surface area contributed by atoms with Crippen molar-refractivity contribution in [2.45, 2.75) is 59.6 Å². The molecule has 4 aromatic rings. The van der Waals surface area contributed by atoms with Crippen LogP contribution in [-0.4, -0.2) is 39.1 Å². The van der Waals surface area contributed by atoms with Crippen molar-refractivity contribution in [3.63, 3.8) is 0 Å². The standard InChI is InChI=1S/C31H34ClN3O4/c1-19(32)17-22-9-6-13-27(20(22)2)39-16-8-12-24-23-10-7-11-25-28-21(3)33-34-26(28)18-38-15-5-4-14-35(29(23)25)30(24)31(36)37/h6-7,9-11,13,17H,4-5,8,12,14-16,18H2,1-3H3,(H,33,34)(H,36,37)/b19-17+. The average molecular weight is 548 g/mol. The van der Waals surface area contributed by atoms with Gasteiger partial charge in [-0.3, -0.25) is 5.10 Å². The number of ether oxygens (including phenoxy) is 2. The minimum Gasteiger partial charge on any atom is -0.493 e. The summed E-state index contributed by atoms with van der Waals surface area (Å²) in [5.74, 6) is -0.0976. The highest BCUT2D eigenvalue weighted by atomic mass is 35.5. The Morgan fingerprint density at radius 3 is 2.85 bits per heavy atom. The van der Waals surface area contributed by atoms with Crippen LogP contribution in [0.4, 0.5) is 0 Å². The van der Waals surface area contributed by atoms with Gasteiger partial charge in [0.1, 0.15) is 11.4 Å². The molecule has 39 heavy (non-hydrogen) atoms. The first-order valence-electron chi connectivity index (χ1n) is 13.4. The van der Waals surface area contributed by atoms with Gasteiger partial charge in [0, 0.05) is 40.4 Å². The molecular formula is C31H34ClN3O4. The van der Waals surface area contributed by atoms with Crippen molar-refractivity contribution >= 4 is 34.5 Å². The topological polar surface area (TPSA) is 89.4 Å². The van der Waals surface area contributed by atoms with E-state index in [1.54, 1.807) is 0 Å². The molecule has 7 nitrogen and oxygen atoms in total. The summed E-state index contributed by atoms with van der Waals surface area (Å²) in [7, 11) is 0. The lowest BCUT2D eigenvalue weighted by molar-refractivity contribution is 0.0683. The second-order valence-electron chi connectivity index (χ2n) is 10.1. The van der Waals surface area contributed by atoms with Crippen LogP contribution < -0.4 is 4.74 Å². The molecule has 0 unspecified atom stereocenters. The summed E-state index contributed by atoms with van der Waals surface area (Å²) in [6.45, 7) is 7.99. The maximum absolute atomic E-state index is 12.7. The van der Waals surface area contributed by atoms with E-state index in [2.05, 4.69) is 16.3 Å². The quantitative estimate of drug-likeness (QED) is 0.237. The largest absolute Gasteiger partial charge is 0.493 e. The number of aromatic amines is 1. The molecule has 2 aromatic carbocycles. The van der Waals surface area contributed by atoms with E-state index in [9.17, 15) is 9.90 Å². The van der Waals surface area contributed by atoms with Crippen LogP contribution in [0.5, 0.6) is 5.75 Å². The molecule has 5 rings (SSSR count). The van der Waals surface area contributed by atoms with E-state index in [0.29, 0.717) is 49.9 Å². The number of benzene rings is 2. The monoisotopic (exact) mass is 547 g/mol. The molecule has 0 bridgehead atoms. The maximum Gasteiger partial charge on any atom is 0.352 e. The van der Waals surface area contributed by atoms with Crippen molar-refractivity contribution in [2.24, 2.45) is 0 Å². The number of hydrogen-bond acceptors (Lipinski definition) is 4. The van der Waals surface area contributed by atoms with Crippen LogP contribution in [0.15, 0.2) is 41.4 Å². The van der Waals surface area contributed by atoms with Crippen molar-refractivity contribution < 1.29 is 19.4 Å². The summed E-state index contributed by atoms with van der Waals surface area (Å²) >= 11 is 6.08. The SMILES string of the molecule is C/C(Cl)=C\c1cccc(OCCCc2c(C(=O)O)n3c4c(cccc24)-c2c(n[nH]c2C)COCCCC3)c1C. The van der Waals surface area contributed by atoms with Crippen molar-refractivity contribution in [2.75, 3.05) is 13.2 Å². The van der Waals surface area contributed by atoms with E-state index in [1.165, 1.54) is 0 Å². The number of allylic oxidation sites excluding steroid dienone is 1. The molecule has 8 heteroatoms. The average Bonchev–Trinajstić information content (AvgIpc) is 3.41. The lowest BCUT2D eigenvalue weighted by atomic mass is 9.98. The molecule has 1 aliphatic heterocycles. The number of aromatic nitrogens is 3. The smallest absolute Gasteiger partial charge is 0.352 e. The number of halogens is 1. The van der Waals surface area contributed by atoms with Crippen molar-refractivity contribution in [3.8, 4) is 16.9 Å². The van der Waals surface area contributed by atoms with Gasteiger partial charge in [0.25, 0.3) is 0 Å². The molecule has 1 aliphatic rings. The zero-order chi connectivity index (χ0) is 27.5. The number of aromatic carboxylic acids is 1. The molecule has 0 amide bonds. The van der Waals surface area contributed by atoms with Crippen LogP contribution in [-0.2, 0) is 24.3 Å². The van der Waals surface area contributed by atoms with E-state index in [-0.39, 0.29) is 0 Å². The minimum absolute atomic E-state index is 0.362. The number of hydrogen-bond donors (Lipinski definition) is 2. The number of nitrogens with zero attached hydrogens (tertiary/aromatic N) is 2. The minimum atomic E-state index is -0.907. The Morgan fingerprint density at radius 1 is 1.23 bits per heavy atom. The number of para-hydroxylation sites is 1. The normalized spacial score (nSPS) is 14.2. The van der Waals surface area contributed by atoms with Gasteiger partial charge in [-0.1, -0.05) is 41.9 Å². The molecule has 0 spiro atoms. The lowest BCUT2D eigenvalue weighted by Gasteiger charge is -2.12. The fourth-order valence-corrected chi connectivity index (χ4v) is 5.69. The third-order valence-electron chi connectivity index (χ3n) is 7.35. The summed E-state index contributed by atoms with van der Waals surface area (Å²) in [5, 5.41) is 19.7. The molecule has 0 atom stereocenters. The number of H-pyrrole nitrogens is 1. The van der Waals surface area contributed by atoms with Gasteiger partial charge in [-0.15, -0.1) is 0 Å². The Kier molecular flexibility index (Phi) is 8.10. The van der Waals surface area contributed by atoms with E-state index in [1.807, 2.05) is 61.7 Å². The predicted octanol–water partition coefficient (Wildman–Crippen LogP) is 7.27. The highest BCUT2D eigenvalue weighted by Gasteiger charge is 2.26. The summed E-state index contributed by atoms with van der Waals surface area (Å²) in [6, 6.07) is 12.0. The second-order valence-corrected chi connectivity index (χ2v) is 10.7. The van der Waals surface area contributed by atoms with Crippen LogP contribution in [0.3, 0.4) is 0 Å². The van der Waals surface area contributed by atoms with Crippen molar-refractivity contribution in [1.29, 1.82) is 0 Å². The van der Waals surface area contributed by atoms with Crippen LogP contribution in [0.2, 0.25) is 0 Å². The maximum atomic E-state index is 12.7. The molecule has 0 radical (unpaired) electrons.